The molecule has 0 fully saturated rings. The molecule has 0 atom stereocenters. The highest BCUT2D eigenvalue weighted by molar-refractivity contribution is 9.10. The van der Waals surface area contributed by atoms with Gasteiger partial charge >= 0.3 is 5.97 Å². The molecule has 4 nitrogen and oxygen atoms in total. The zero-order valence-corrected chi connectivity index (χ0v) is 10.2. The van der Waals surface area contributed by atoms with Crippen molar-refractivity contribution in [1.82, 2.24) is 9.38 Å². The van der Waals surface area contributed by atoms with E-state index < -0.39 is 5.97 Å². The summed E-state index contributed by atoms with van der Waals surface area (Å²) in [6.07, 6.45) is 5.87. The molecule has 0 unspecified atom stereocenters. The number of imidazole rings is 1. The normalized spacial score (nSPS) is 11.4. The van der Waals surface area contributed by atoms with Gasteiger partial charge in [0.15, 0.2) is 5.65 Å². The van der Waals surface area contributed by atoms with Crippen LogP contribution in [0.3, 0.4) is 0 Å². The van der Waals surface area contributed by atoms with Crippen LogP contribution < -0.4 is 0 Å². The molecule has 0 aliphatic rings. The third-order valence-corrected chi connectivity index (χ3v) is 2.68. The van der Waals surface area contributed by atoms with E-state index in [2.05, 4.69) is 20.9 Å². The summed E-state index contributed by atoms with van der Waals surface area (Å²) in [5, 5.41) is 9.07. The largest absolute Gasteiger partial charge is 0.478 e. The monoisotopic (exact) mass is 300 g/mol. The molecule has 0 bridgehead atoms. The first kappa shape index (κ1) is 11.2. The molecule has 2 rings (SSSR count). The number of rotatable bonds is 2. The molecule has 1 N–H and O–H groups in total. The first-order chi connectivity index (χ1) is 7.56. The minimum absolute atomic E-state index is 0.561. The fourth-order valence-corrected chi connectivity index (χ4v) is 2.17. The van der Waals surface area contributed by atoms with E-state index in [-0.39, 0.29) is 0 Å². The highest BCUT2D eigenvalue weighted by Crippen LogP contribution is 2.22. The lowest BCUT2D eigenvalue weighted by Crippen LogP contribution is -1.85. The van der Waals surface area contributed by atoms with Crippen LogP contribution in [0.1, 0.15) is 5.69 Å². The molecule has 0 aliphatic carbocycles. The molecular weight excluding hydrogens is 295 g/mol. The number of pyridine rings is 1. The van der Waals surface area contributed by atoms with Gasteiger partial charge in [0.1, 0.15) is 0 Å². The summed E-state index contributed by atoms with van der Waals surface area (Å²) < 4.78 is 2.49. The van der Waals surface area contributed by atoms with Crippen molar-refractivity contribution in [3.8, 4) is 0 Å². The number of nitrogens with zero attached hydrogens (tertiary/aromatic N) is 2. The predicted octanol–water partition coefficient (Wildman–Crippen LogP) is 2.85. The molecule has 0 radical (unpaired) electrons. The van der Waals surface area contributed by atoms with Gasteiger partial charge in [-0.05, 0) is 28.1 Å². The zero-order valence-electron chi connectivity index (χ0n) is 7.89. The first-order valence-corrected chi connectivity index (χ1v) is 5.48. The maximum Gasteiger partial charge on any atom is 0.328 e. The van der Waals surface area contributed by atoms with Crippen molar-refractivity contribution in [2.45, 2.75) is 0 Å². The third kappa shape index (κ3) is 2.25. The number of carbonyl (C=O) groups is 1. The molecule has 2 aromatic rings. The van der Waals surface area contributed by atoms with Gasteiger partial charge in [-0.2, -0.15) is 0 Å². The molecule has 0 saturated carbocycles. The van der Waals surface area contributed by atoms with Crippen LogP contribution in [0.4, 0.5) is 0 Å². The third-order valence-electron chi connectivity index (χ3n) is 1.89. The minimum Gasteiger partial charge on any atom is -0.478 e. The molecule has 0 amide bonds. The molecule has 2 heterocycles. The maximum atomic E-state index is 10.4. The van der Waals surface area contributed by atoms with Crippen LogP contribution in [0.5, 0.6) is 0 Å². The van der Waals surface area contributed by atoms with E-state index in [0.29, 0.717) is 16.4 Å². The van der Waals surface area contributed by atoms with Crippen LogP contribution in [-0.2, 0) is 4.79 Å². The van der Waals surface area contributed by atoms with Gasteiger partial charge in [0.25, 0.3) is 0 Å². The lowest BCUT2D eigenvalue weighted by Gasteiger charge is -1.96. The van der Waals surface area contributed by atoms with Gasteiger partial charge in [-0.15, -0.1) is 0 Å². The van der Waals surface area contributed by atoms with Gasteiger partial charge in [-0.3, -0.25) is 0 Å². The molecule has 82 valence electrons. The Labute approximate surface area is 104 Å². The van der Waals surface area contributed by atoms with Gasteiger partial charge < -0.3 is 9.51 Å². The lowest BCUT2D eigenvalue weighted by molar-refractivity contribution is -0.131. The summed E-state index contributed by atoms with van der Waals surface area (Å²) in [5.41, 5.74) is 1.25. The van der Waals surface area contributed by atoms with Gasteiger partial charge in [-0.1, -0.05) is 11.6 Å². The quantitative estimate of drug-likeness (QED) is 0.868. The van der Waals surface area contributed by atoms with Crippen molar-refractivity contribution in [1.29, 1.82) is 0 Å². The Morgan fingerprint density at radius 3 is 3.00 bits per heavy atom. The average Bonchev–Trinajstić information content (AvgIpc) is 2.57. The number of carboxylic acid groups (broad SMARTS) is 1. The molecule has 0 aromatic carbocycles. The van der Waals surface area contributed by atoms with Gasteiger partial charge in [0, 0.05) is 18.5 Å². The molecular formula is C10H6BrClN2O2. The zero-order chi connectivity index (χ0) is 11.7. The highest BCUT2D eigenvalue weighted by atomic mass is 79.9. The van der Waals surface area contributed by atoms with Crippen LogP contribution >= 0.6 is 27.5 Å². The first-order valence-electron chi connectivity index (χ1n) is 4.31. The van der Waals surface area contributed by atoms with Crippen LogP contribution in [0.15, 0.2) is 29.0 Å². The summed E-state index contributed by atoms with van der Waals surface area (Å²) in [4.78, 5) is 14.6. The van der Waals surface area contributed by atoms with Crippen LogP contribution in [-0.4, -0.2) is 20.5 Å². The summed E-state index contributed by atoms with van der Waals surface area (Å²) in [7, 11) is 0. The Hall–Kier alpha value is -1.33. The maximum absolute atomic E-state index is 10.4. The van der Waals surface area contributed by atoms with Crippen LogP contribution in [0.2, 0.25) is 5.02 Å². The molecule has 16 heavy (non-hydrogen) atoms. The van der Waals surface area contributed by atoms with E-state index in [0.717, 1.165) is 10.5 Å². The van der Waals surface area contributed by atoms with Crippen molar-refractivity contribution in [3.63, 3.8) is 0 Å². The van der Waals surface area contributed by atoms with Crippen molar-refractivity contribution >= 4 is 45.2 Å². The van der Waals surface area contributed by atoms with E-state index in [1.807, 2.05) is 0 Å². The Kier molecular flexibility index (Phi) is 2.98. The number of aliphatic carboxylic acids is 1. The second-order valence-electron chi connectivity index (χ2n) is 3.07. The Morgan fingerprint density at radius 2 is 2.31 bits per heavy atom. The lowest BCUT2D eigenvalue weighted by atomic mass is 10.4. The number of aromatic nitrogens is 2. The number of hydrogen-bond donors (Lipinski definition) is 1. The second-order valence-corrected chi connectivity index (χ2v) is 4.37. The summed E-state index contributed by atoms with van der Waals surface area (Å²) in [6.45, 7) is 0. The smallest absolute Gasteiger partial charge is 0.328 e. The fraction of sp³-hybridized carbons (Fsp3) is 0. The number of carboxylic acids is 1. The molecule has 0 spiro atoms. The van der Waals surface area contributed by atoms with Crippen molar-refractivity contribution in [2.75, 3.05) is 0 Å². The standard InChI is InChI=1S/C10H6BrClN2O2/c11-8-3-6(12)4-14-5-7(13-10(8)14)1-2-9(15)16/h1-5H,(H,15,16)/b2-1+. The minimum atomic E-state index is -1.01. The summed E-state index contributed by atoms with van der Waals surface area (Å²) >= 11 is 9.20. The Morgan fingerprint density at radius 1 is 1.56 bits per heavy atom. The van der Waals surface area contributed by atoms with Gasteiger partial charge in [-0.25, -0.2) is 9.78 Å². The molecule has 6 heteroatoms. The Bertz CT molecular complexity index is 592. The van der Waals surface area contributed by atoms with E-state index in [1.54, 1.807) is 22.9 Å². The summed E-state index contributed by atoms with van der Waals surface area (Å²) in [5.74, 6) is -1.01. The van der Waals surface area contributed by atoms with Crippen molar-refractivity contribution < 1.29 is 9.90 Å². The molecule has 2 aromatic heterocycles. The van der Waals surface area contributed by atoms with E-state index >= 15 is 0 Å². The van der Waals surface area contributed by atoms with E-state index in [1.165, 1.54) is 6.08 Å². The molecule has 0 saturated heterocycles. The Balaban J connectivity index is 2.52. The average molecular weight is 302 g/mol. The SMILES string of the molecule is O=C(O)/C=C/c1cn2cc(Cl)cc(Br)c2n1. The number of hydrogen-bond acceptors (Lipinski definition) is 2. The predicted molar refractivity (Wildman–Crippen MR) is 64.6 cm³/mol. The topological polar surface area (TPSA) is 54.6 Å². The van der Waals surface area contributed by atoms with E-state index in [9.17, 15) is 4.79 Å². The van der Waals surface area contributed by atoms with E-state index in [4.69, 9.17) is 16.7 Å². The van der Waals surface area contributed by atoms with Crippen LogP contribution in [0.25, 0.3) is 11.7 Å². The van der Waals surface area contributed by atoms with Gasteiger partial charge in [0.2, 0.25) is 0 Å². The van der Waals surface area contributed by atoms with Gasteiger partial charge in [0.05, 0.1) is 15.2 Å². The number of fused-ring (bicyclic) bond motifs is 1. The van der Waals surface area contributed by atoms with Crippen molar-refractivity contribution in [3.05, 3.63) is 39.7 Å². The number of halogens is 2. The summed E-state index contributed by atoms with van der Waals surface area (Å²) in [6, 6.07) is 1.73. The second kappa shape index (κ2) is 4.27. The highest BCUT2D eigenvalue weighted by Gasteiger charge is 2.04. The molecule has 0 aliphatic heterocycles. The fourth-order valence-electron chi connectivity index (χ4n) is 1.28. The van der Waals surface area contributed by atoms with Crippen LogP contribution in [0, 0.1) is 0 Å². The van der Waals surface area contributed by atoms with Crippen molar-refractivity contribution in [2.24, 2.45) is 0 Å².